The van der Waals surface area contributed by atoms with E-state index in [9.17, 15) is 23.1 Å². The number of carboxylic acids is 1. The largest absolute Gasteiger partial charge is 0.481 e. The lowest BCUT2D eigenvalue weighted by atomic mass is 9.73. The van der Waals surface area contributed by atoms with Crippen LogP contribution in [0, 0.1) is 6.92 Å². The van der Waals surface area contributed by atoms with Gasteiger partial charge in [0.1, 0.15) is 11.6 Å². The van der Waals surface area contributed by atoms with Gasteiger partial charge in [0.25, 0.3) is 0 Å². The predicted octanol–water partition coefficient (Wildman–Crippen LogP) is 6.45. The fourth-order valence-electron chi connectivity index (χ4n) is 6.26. The van der Waals surface area contributed by atoms with Crippen molar-refractivity contribution in [3.8, 4) is 11.4 Å². The number of aryl methyl sites for hydroxylation is 1. The van der Waals surface area contributed by atoms with Crippen molar-refractivity contribution < 1.29 is 23.1 Å². The summed E-state index contributed by atoms with van der Waals surface area (Å²) in [4.78, 5) is 25.8. The van der Waals surface area contributed by atoms with Crippen LogP contribution in [0.15, 0.2) is 54.7 Å². The highest BCUT2D eigenvalue weighted by Gasteiger charge is 2.46. The van der Waals surface area contributed by atoms with Gasteiger partial charge < -0.3 is 15.0 Å². The molecule has 2 aliphatic rings. The van der Waals surface area contributed by atoms with Gasteiger partial charge in [0.15, 0.2) is 0 Å². The molecule has 2 N–H and O–H groups in total. The zero-order chi connectivity index (χ0) is 26.7. The molecule has 6 rings (SSSR count). The second-order valence-corrected chi connectivity index (χ2v) is 10.6. The molecule has 1 fully saturated rings. The van der Waals surface area contributed by atoms with Crippen LogP contribution in [0.4, 0.5) is 19.0 Å². The van der Waals surface area contributed by atoms with Gasteiger partial charge in [-0.05, 0) is 79.0 Å². The van der Waals surface area contributed by atoms with E-state index in [1.807, 2.05) is 19.1 Å². The molecule has 0 bridgehead atoms. The average molecular weight is 521 g/mol. The van der Waals surface area contributed by atoms with Crippen LogP contribution < -0.4 is 4.90 Å². The van der Waals surface area contributed by atoms with Crippen LogP contribution in [0.2, 0.25) is 0 Å². The van der Waals surface area contributed by atoms with E-state index in [1.165, 1.54) is 17.2 Å². The molecule has 1 aliphatic heterocycles. The number of imidazole rings is 1. The Kier molecular flexibility index (Phi) is 5.70. The summed E-state index contributed by atoms with van der Waals surface area (Å²) in [5.74, 6) is 0.593. The number of nitrogens with one attached hydrogen (secondary N) is 1. The van der Waals surface area contributed by atoms with Crippen molar-refractivity contribution in [2.24, 2.45) is 0 Å². The Labute approximate surface area is 217 Å². The molecular formula is C29H27F3N4O2. The van der Waals surface area contributed by atoms with Crippen LogP contribution in [0.3, 0.4) is 0 Å². The first-order chi connectivity index (χ1) is 18.1. The highest BCUT2D eigenvalue weighted by Crippen LogP contribution is 2.53. The smallest absolute Gasteiger partial charge is 0.416 e. The monoisotopic (exact) mass is 520 g/mol. The third-order valence-electron chi connectivity index (χ3n) is 8.15. The molecule has 38 heavy (non-hydrogen) atoms. The summed E-state index contributed by atoms with van der Waals surface area (Å²) in [5.41, 5.74) is 4.40. The van der Waals surface area contributed by atoms with Crippen LogP contribution in [0.25, 0.3) is 22.4 Å². The average Bonchev–Trinajstić information content (AvgIpc) is 3.43. The summed E-state index contributed by atoms with van der Waals surface area (Å²) in [6.07, 6.45) is 0.144. The second-order valence-electron chi connectivity index (χ2n) is 10.6. The van der Waals surface area contributed by atoms with E-state index in [0.717, 1.165) is 55.9 Å². The van der Waals surface area contributed by atoms with Crippen LogP contribution in [0.1, 0.15) is 53.9 Å². The maximum absolute atomic E-state index is 13.0. The van der Waals surface area contributed by atoms with Crippen LogP contribution >= 0.6 is 0 Å². The van der Waals surface area contributed by atoms with Crippen molar-refractivity contribution in [2.75, 3.05) is 18.0 Å². The lowest BCUT2D eigenvalue weighted by Crippen LogP contribution is -2.42. The number of carboxylic acid groups (broad SMARTS) is 1. The minimum absolute atomic E-state index is 0.0108. The number of alkyl halides is 3. The summed E-state index contributed by atoms with van der Waals surface area (Å²) >= 11 is 0. The van der Waals surface area contributed by atoms with Crippen molar-refractivity contribution in [1.29, 1.82) is 0 Å². The number of hydrogen-bond acceptors (Lipinski definition) is 4. The van der Waals surface area contributed by atoms with Gasteiger partial charge in [-0.15, -0.1) is 0 Å². The molecule has 2 aromatic carbocycles. The van der Waals surface area contributed by atoms with Gasteiger partial charge >= 0.3 is 12.1 Å². The maximum atomic E-state index is 13.0. The SMILES string of the molecule is Cc1ccc2c(c1)C(CC(=O)O)CC21CCN(c2ccc(-c3nc4cc(C(F)(F)F)ccc4[nH]3)cn2)CC1. The Balaban J connectivity index is 1.19. The highest BCUT2D eigenvalue weighted by molar-refractivity contribution is 5.80. The number of fused-ring (bicyclic) bond motifs is 3. The number of pyridine rings is 1. The molecule has 1 atom stereocenters. The minimum Gasteiger partial charge on any atom is -0.481 e. The molecule has 3 heterocycles. The van der Waals surface area contributed by atoms with E-state index in [4.69, 9.17) is 0 Å². The van der Waals surface area contributed by atoms with Crippen molar-refractivity contribution in [3.05, 3.63) is 77.0 Å². The molecule has 0 radical (unpaired) electrons. The zero-order valence-electron chi connectivity index (χ0n) is 20.8. The molecule has 0 amide bonds. The van der Waals surface area contributed by atoms with Gasteiger partial charge in [-0.1, -0.05) is 23.8 Å². The number of carbonyl (C=O) groups is 1. The van der Waals surface area contributed by atoms with Gasteiger partial charge in [0, 0.05) is 24.8 Å². The van der Waals surface area contributed by atoms with Gasteiger partial charge in [-0.3, -0.25) is 4.79 Å². The summed E-state index contributed by atoms with van der Waals surface area (Å²) < 4.78 is 39.1. The van der Waals surface area contributed by atoms with Crippen LogP contribution in [-0.4, -0.2) is 39.1 Å². The lowest BCUT2D eigenvalue weighted by molar-refractivity contribution is -0.138. The normalized spacial score (nSPS) is 18.7. The topological polar surface area (TPSA) is 82.1 Å². The Morgan fingerprint density at radius 1 is 1.13 bits per heavy atom. The first kappa shape index (κ1) is 24.5. The molecule has 1 unspecified atom stereocenters. The molecule has 1 saturated heterocycles. The summed E-state index contributed by atoms with van der Waals surface area (Å²) in [5, 5.41) is 9.47. The molecule has 196 valence electrons. The Morgan fingerprint density at radius 2 is 1.92 bits per heavy atom. The number of hydrogen-bond donors (Lipinski definition) is 2. The molecule has 9 heteroatoms. The number of anilines is 1. The number of aromatic amines is 1. The van der Waals surface area contributed by atoms with Gasteiger partial charge in [-0.25, -0.2) is 9.97 Å². The quantitative estimate of drug-likeness (QED) is 0.323. The third-order valence-corrected chi connectivity index (χ3v) is 8.15. The van der Waals surface area contributed by atoms with E-state index in [2.05, 4.69) is 38.1 Å². The van der Waals surface area contributed by atoms with E-state index < -0.39 is 17.7 Å². The van der Waals surface area contributed by atoms with Gasteiger partial charge in [0.2, 0.25) is 0 Å². The number of aromatic nitrogens is 3. The number of rotatable bonds is 4. The molecule has 2 aromatic heterocycles. The Hall–Kier alpha value is -3.88. The fraction of sp³-hybridized carbons (Fsp3) is 0.345. The number of piperidine rings is 1. The Bertz CT molecular complexity index is 1520. The van der Waals surface area contributed by atoms with Crippen molar-refractivity contribution in [3.63, 3.8) is 0 Å². The van der Waals surface area contributed by atoms with E-state index >= 15 is 0 Å². The Morgan fingerprint density at radius 3 is 2.61 bits per heavy atom. The zero-order valence-corrected chi connectivity index (χ0v) is 20.8. The van der Waals surface area contributed by atoms with Crippen molar-refractivity contribution in [1.82, 2.24) is 15.0 Å². The summed E-state index contributed by atoms with van der Waals surface area (Å²) in [6, 6.07) is 13.8. The van der Waals surface area contributed by atoms with Crippen LogP contribution in [0.5, 0.6) is 0 Å². The van der Waals surface area contributed by atoms with Gasteiger partial charge in [0.05, 0.1) is 23.0 Å². The first-order valence-corrected chi connectivity index (χ1v) is 12.7. The minimum atomic E-state index is -4.42. The lowest BCUT2D eigenvalue weighted by Gasteiger charge is -2.41. The van der Waals surface area contributed by atoms with E-state index in [0.29, 0.717) is 16.9 Å². The molecule has 1 aliphatic carbocycles. The molecular weight excluding hydrogens is 493 g/mol. The highest BCUT2D eigenvalue weighted by atomic mass is 19.4. The number of nitrogens with zero attached hydrogens (tertiary/aromatic N) is 3. The summed E-state index contributed by atoms with van der Waals surface area (Å²) in [6.45, 7) is 3.67. The third kappa shape index (κ3) is 4.29. The molecule has 6 nitrogen and oxygen atoms in total. The molecule has 1 spiro atoms. The number of H-pyrrole nitrogens is 1. The number of halogens is 3. The first-order valence-electron chi connectivity index (χ1n) is 12.7. The predicted molar refractivity (Wildman–Crippen MR) is 138 cm³/mol. The molecule has 0 saturated carbocycles. The van der Waals surface area contributed by atoms with Crippen molar-refractivity contribution >= 4 is 22.8 Å². The van der Waals surface area contributed by atoms with Gasteiger partial charge in [-0.2, -0.15) is 13.2 Å². The number of aliphatic carboxylic acids is 1. The van der Waals surface area contributed by atoms with E-state index in [1.54, 1.807) is 6.20 Å². The van der Waals surface area contributed by atoms with Crippen LogP contribution in [-0.2, 0) is 16.4 Å². The fourth-order valence-corrected chi connectivity index (χ4v) is 6.26. The standard InChI is InChI=1S/C29H27F3N4O2/c1-17-2-5-22-21(12-17)19(13-26(37)38)15-28(22)8-10-36(11-9-28)25-7-3-18(16-33-25)27-34-23-6-4-20(29(30,31)32)14-24(23)35-27/h2-7,12,14,16,19H,8-11,13,15H2,1H3,(H,34,35)(H,37,38). The number of benzene rings is 2. The van der Waals surface area contributed by atoms with Crippen molar-refractivity contribution in [2.45, 2.75) is 50.1 Å². The summed E-state index contributed by atoms with van der Waals surface area (Å²) in [7, 11) is 0. The molecule has 4 aromatic rings. The second kappa shape index (κ2) is 8.85. The van der Waals surface area contributed by atoms with E-state index in [-0.39, 0.29) is 23.3 Å². The maximum Gasteiger partial charge on any atom is 0.416 e.